The van der Waals surface area contributed by atoms with E-state index in [0.717, 1.165) is 31.5 Å². The van der Waals surface area contributed by atoms with E-state index in [1.54, 1.807) is 0 Å². The fourth-order valence-corrected chi connectivity index (χ4v) is 3.38. The van der Waals surface area contributed by atoms with Gasteiger partial charge in [-0.05, 0) is 31.7 Å². The average Bonchev–Trinajstić information content (AvgIpc) is 2.51. The molecule has 1 aromatic carbocycles. The summed E-state index contributed by atoms with van der Waals surface area (Å²) in [4.78, 5) is 0. The molecule has 0 saturated carbocycles. The van der Waals surface area contributed by atoms with Crippen LogP contribution in [0, 0.1) is 11.8 Å². The van der Waals surface area contributed by atoms with E-state index in [0.29, 0.717) is 18.0 Å². The minimum Gasteiger partial charge on any atom is -0.493 e. The van der Waals surface area contributed by atoms with Gasteiger partial charge < -0.3 is 14.8 Å². The van der Waals surface area contributed by atoms with Crippen LogP contribution in [0.4, 0.5) is 0 Å². The molecule has 1 fully saturated rings. The lowest BCUT2D eigenvalue weighted by molar-refractivity contribution is 0.0514. The van der Waals surface area contributed by atoms with E-state index in [-0.39, 0.29) is 0 Å². The van der Waals surface area contributed by atoms with Crippen LogP contribution in [-0.2, 0) is 4.74 Å². The van der Waals surface area contributed by atoms with Gasteiger partial charge in [-0.25, -0.2) is 0 Å². The molecule has 20 heavy (non-hydrogen) atoms. The van der Waals surface area contributed by atoms with Crippen LogP contribution in [0.25, 0.3) is 0 Å². The van der Waals surface area contributed by atoms with Crippen molar-refractivity contribution in [1.82, 2.24) is 5.32 Å². The maximum Gasteiger partial charge on any atom is 0.124 e. The Morgan fingerprint density at radius 1 is 1.20 bits per heavy atom. The van der Waals surface area contributed by atoms with Crippen molar-refractivity contribution in [3.8, 4) is 5.75 Å². The van der Waals surface area contributed by atoms with Gasteiger partial charge in [0.15, 0.2) is 0 Å². The molecule has 3 unspecified atom stereocenters. The van der Waals surface area contributed by atoms with E-state index < -0.39 is 0 Å². The Labute approximate surface area is 121 Å². The highest BCUT2D eigenvalue weighted by Gasteiger charge is 2.30. The van der Waals surface area contributed by atoms with Crippen LogP contribution >= 0.6 is 0 Å². The Bertz CT molecular complexity index is 442. The van der Waals surface area contributed by atoms with Gasteiger partial charge in [-0.1, -0.05) is 25.1 Å². The molecule has 0 aromatic heterocycles. The molecule has 1 saturated heterocycles. The molecule has 3 atom stereocenters. The molecule has 1 N–H and O–H groups in total. The predicted molar refractivity (Wildman–Crippen MR) is 80.0 cm³/mol. The lowest BCUT2D eigenvalue weighted by atomic mass is 9.88. The van der Waals surface area contributed by atoms with Crippen molar-refractivity contribution in [2.75, 3.05) is 19.8 Å². The summed E-state index contributed by atoms with van der Waals surface area (Å²) in [5.41, 5.74) is 1.31. The van der Waals surface area contributed by atoms with Crippen LogP contribution in [0.1, 0.15) is 38.3 Å². The second-order valence-electron chi connectivity index (χ2n) is 6.21. The molecule has 0 bridgehead atoms. The Morgan fingerprint density at radius 2 is 1.95 bits per heavy atom. The van der Waals surface area contributed by atoms with Gasteiger partial charge in [-0.3, -0.25) is 0 Å². The molecule has 110 valence electrons. The van der Waals surface area contributed by atoms with Crippen LogP contribution in [0.3, 0.4) is 0 Å². The van der Waals surface area contributed by atoms with Crippen LogP contribution in [0.5, 0.6) is 5.75 Å². The van der Waals surface area contributed by atoms with Crippen molar-refractivity contribution >= 4 is 0 Å². The standard InChI is InChI=1S/C17H25NO2/c1-12-11-20-16-6-4-3-5-15(16)17(12)18-13(2)14-7-9-19-10-8-14/h3-6,12-14,17-18H,7-11H2,1-2H3. The molecular weight excluding hydrogens is 250 g/mol. The van der Waals surface area contributed by atoms with Gasteiger partial charge in [0.1, 0.15) is 5.75 Å². The largest absolute Gasteiger partial charge is 0.493 e. The Morgan fingerprint density at radius 3 is 2.75 bits per heavy atom. The molecule has 0 spiro atoms. The first-order valence-corrected chi connectivity index (χ1v) is 7.81. The summed E-state index contributed by atoms with van der Waals surface area (Å²) in [6.07, 6.45) is 2.35. The zero-order chi connectivity index (χ0) is 13.9. The summed E-state index contributed by atoms with van der Waals surface area (Å²) in [5.74, 6) is 2.28. The summed E-state index contributed by atoms with van der Waals surface area (Å²) < 4.78 is 11.3. The molecule has 0 amide bonds. The summed E-state index contributed by atoms with van der Waals surface area (Å²) in [6.45, 7) is 7.22. The summed E-state index contributed by atoms with van der Waals surface area (Å²) in [6, 6.07) is 9.35. The Kier molecular flexibility index (Phi) is 4.27. The van der Waals surface area contributed by atoms with Crippen molar-refractivity contribution in [2.24, 2.45) is 11.8 Å². The summed E-state index contributed by atoms with van der Waals surface area (Å²) >= 11 is 0. The van der Waals surface area contributed by atoms with E-state index >= 15 is 0 Å². The van der Waals surface area contributed by atoms with Gasteiger partial charge in [0.05, 0.1) is 6.61 Å². The fourth-order valence-electron chi connectivity index (χ4n) is 3.38. The monoisotopic (exact) mass is 275 g/mol. The molecule has 3 heteroatoms. The first-order chi connectivity index (χ1) is 9.75. The topological polar surface area (TPSA) is 30.5 Å². The van der Waals surface area contributed by atoms with Crippen LogP contribution < -0.4 is 10.1 Å². The van der Waals surface area contributed by atoms with Gasteiger partial charge in [0.2, 0.25) is 0 Å². The third-order valence-corrected chi connectivity index (χ3v) is 4.74. The molecular formula is C17H25NO2. The zero-order valence-corrected chi connectivity index (χ0v) is 12.5. The first kappa shape index (κ1) is 13.9. The van der Waals surface area contributed by atoms with Crippen LogP contribution in [0.2, 0.25) is 0 Å². The highest BCUT2D eigenvalue weighted by Crippen LogP contribution is 2.36. The van der Waals surface area contributed by atoms with Crippen molar-refractivity contribution in [3.63, 3.8) is 0 Å². The molecule has 1 aromatic rings. The molecule has 2 aliphatic heterocycles. The molecule has 2 aliphatic rings. The maximum atomic E-state index is 5.83. The zero-order valence-electron chi connectivity index (χ0n) is 12.5. The second kappa shape index (κ2) is 6.15. The smallest absolute Gasteiger partial charge is 0.124 e. The highest BCUT2D eigenvalue weighted by atomic mass is 16.5. The van der Waals surface area contributed by atoms with E-state index in [2.05, 4.69) is 37.4 Å². The van der Waals surface area contributed by atoms with E-state index in [9.17, 15) is 0 Å². The molecule has 2 heterocycles. The van der Waals surface area contributed by atoms with Crippen LogP contribution in [0.15, 0.2) is 24.3 Å². The number of hydrogen-bond donors (Lipinski definition) is 1. The Hall–Kier alpha value is -1.06. The lowest BCUT2D eigenvalue weighted by Gasteiger charge is -2.37. The molecule has 0 aliphatic carbocycles. The van der Waals surface area contributed by atoms with E-state index in [1.165, 1.54) is 18.4 Å². The van der Waals surface area contributed by atoms with Gasteiger partial charge in [0.25, 0.3) is 0 Å². The number of para-hydroxylation sites is 1. The number of fused-ring (bicyclic) bond motifs is 1. The Balaban J connectivity index is 1.72. The molecule has 3 nitrogen and oxygen atoms in total. The normalized spacial score (nSPS) is 28.5. The van der Waals surface area contributed by atoms with Crippen LogP contribution in [-0.4, -0.2) is 25.9 Å². The van der Waals surface area contributed by atoms with E-state index in [4.69, 9.17) is 9.47 Å². The van der Waals surface area contributed by atoms with Crippen molar-refractivity contribution in [1.29, 1.82) is 0 Å². The van der Waals surface area contributed by atoms with Crippen molar-refractivity contribution < 1.29 is 9.47 Å². The summed E-state index contributed by atoms with van der Waals surface area (Å²) in [5, 5.41) is 3.86. The average molecular weight is 275 g/mol. The van der Waals surface area contributed by atoms with Gasteiger partial charge in [0, 0.05) is 36.8 Å². The molecule has 0 radical (unpaired) electrons. The SMILES string of the molecule is CC1COc2ccccc2C1NC(C)C1CCOCC1. The van der Waals surface area contributed by atoms with Gasteiger partial charge in [-0.2, -0.15) is 0 Å². The van der Waals surface area contributed by atoms with Gasteiger partial charge >= 0.3 is 0 Å². The molecule has 3 rings (SSSR count). The number of benzene rings is 1. The number of ether oxygens (including phenoxy) is 2. The third kappa shape index (κ3) is 2.84. The fraction of sp³-hybridized carbons (Fsp3) is 0.647. The summed E-state index contributed by atoms with van der Waals surface area (Å²) in [7, 11) is 0. The minimum absolute atomic E-state index is 0.401. The number of rotatable bonds is 3. The first-order valence-electron chi connectivity index (χ1n) is 7.81. The van der Waals surface area contributed by atoms with Gasteiger partial charge in [-0.15, -0.1) is 0 Å². The number of nitrogens with one attached hydrogen (secondary N) is 1. The highest BCUT2D eigenvalue weighted by molar-refractivity contribution is 5.38. The lowest BCUT2D eigenvalue weighted by Crippen LogP contribution is -2.43. The quantitative estimate of drug-likeness (QED) is 0.919. The van der Waals surface area contributed by atoms with E-state index in [1.807, 2.05) is 6.07 Å². The maximum absolute atomic E-state index is 5.83. The number of hydrogen-bond acceptors (Lipinski definition) is 3. The minimum atomic E-state index is 0.401. The predicted octanol–water partition coefficient (Wildman–Crippen LogP) is 3.16. The van der Waals surface area contributed by atoms with Crippen molar-refractivity contribution in [3.05, 3.63) is 29.8 Å². The second-order valence-corrected chi connectivity index (χ2v) is 6.21. The third-order valence-electron chi connectivity index (χ3n) is 4.74. The van der Waals surface area contributed by atoms with Crippen molar-refractivity contribution in [2.45, 2.75) is 38.8 Å².